The molecule has 0 bridgehead atoms. The Morgan fingerprint density at radius 2 is 1.02 bits per heavy atom. The van der Waals surface area contributed by atoms with Crippen LogP contribution < -0.4 is 32.3 Å². The number of benzene rings is 4. The summed E-state index contributed by atoms with van der Waals surface area (Å²) in [6.45, 7) is 0. The van der Waals surface area contributed by atoms with Gasteiger partial charge >= 0.3 is 0 Å². The number of amides is 1. The maximum Gasteiger partial charge on any atom is 0.272 e. The van der Waals surface area contributed by atoms with Gasteiger partial charge in [0, 0.05) is 6.42 Å². The second-order valence-electron chi connectivity index (χ2n) is 11.3. The van der Waals surface area contributed by atoms with Gasteiger partial charge in [-0.2, -0.15) is 0 Å². The first-order valence-electron chi connectivity index (χ1n) is 15.7. The number of fused-ring (bicyclic) bond motifs is 1. The van der Waals surface area contributed by atoms with E-state index in [1.165, 1.54) is 48.0 Å². The predicted molar refractivity (Wildman–Crippen MR) is 185 cm³/mol. The molecule has 0 unspecified atom stereocenters. The Bertz CT molecular complexity index is 1660. The highest BCUT2D eigenvalue weighted by Crippen LogP contribution is 2.56. The zero-order valence-corrected chi connectivity index (χ0v) is 26.0. The third kappa shape index (κ3) is 7.43. The summed E-state index contributed by atoms with van der Waals surface area (Å²) in [5, 5.41) is 12.3. The Morgan fingerprint density at radius 1 is 0.545 bits per heavy atom. The van der Waals surface area contributed by atoms with Crippen molar-refractivity contribution < 1.29 is 4.79 Å². The number of nitrogens with one attached hydrogen (secondary N) is 3. The van der Waals surface area contributed by atoms with Crippen molar-refractivity contribution in [1.82, 2.24) is 10.2 Å². The summed E-state index contributed by atoms with van der Waals surface area (Å²) in [6, 6.07) is 38.2. The van der Waals surface area contributed by atoms with E-state index in [0.717, 1.165) is 25.4 Å². The van der Waals surface area contributed by atoms with Gasteiger partial charge in [0.1, 0.15) is 23.2 Å². The van der Waals surface area contributed by atoms with Gasteiger partial charge in [0.05, 0.1) is 22.6 Å². The monoisotopic (exact) mass is 606 g/mol. The third-order valence-electron chi connectivity index (χ3n) is 8.34. The molecule has 0 saturated heterocycles. The number of unbranched alkanes of at least 4 members (excludes halogenated alkanes) is 7. The van der Waals surface area contributed by atoms with Crippen molar-refractivity contribution in [3.63, 3.8) is 0 Å². The van der Waals surface area contributed by atoms with Crippen molar-refractivity contribution in [1.29, 1.82) is 0 Å². The number of hydrogen-bond acceptors (Lipinski definition) is 3. The number of rotatable bonds is 15. The van der Waals surface area contributed by atoms with Crippen LogP contribution in [0.4, 0.5) is 5.69 Å². The molecule has 6 nitrogen and oxygen atoms in total. The van der Waals surface area contributed by atoms with E-state index in [-0.39, 0.29) is 22.2 Å². The highest BCUT2D eigenvalue weighted by molar-refractivity contribution is 7.95. The molecule has 226 valence electrons. The lowest BCUT2D eigenvalue weighted by molar-refractivity contribution is -0.116. The van der Waals surface area contributed by atoms with Crippen molar-refractivity contribution in [2.24, 2.45) is 0 Å². The molecule has 5 rings (SSSR count). The van der Waals surface area contributed by atoms with Crippen LogP contribution in [-0.2, 0) is 4.79 Å². The van der Waals surface area contributed by atoms with E-state index in [1.54, 1.807) is 18.2 Å². The Balaban J connectivity index is 1.07. The van der Waals surface area contributed by atoms with Crippen LogP contribution in [0.25, 0.3) is 10.8 Å². The van der Waals surface area contributed by atoms with Crippen LogP contribution in [-0.4, -0.2) is 22.3 Å². The summed E-state index contributed by atoms with van der Waals surface area (Å²) in [4.78, 5) is 36.8. The van der Waals surface area contributed by atoms with E-state index in [2.05, 4.69) is 107 Å². The van der Waals surface area contributed by atoms with Crippen LogP contribution in [0.3, 0.4) is 0 Å². The molecule has 1 heterocycles. The van der Waals surface area contributed by atoms with Gasteiger partial charge in [0.25, 0.3) is 11.1 Å². The van der Waals surface area contributed by atoms with Crippen molar-refractivity contribution in [3.8, 4) is 0 Å². The number of carbonyl (C=O) groups excluding carboxylic acids is 1. The summed E-state index contributed by atoms with van der Waals surface area (Å²) >= 11 is 0. The molecule has 0 aliphatic rings. The Morgan fingerprint density at radius 3 is 1.57 bits per heavy atom. The Kier molecular flexibility index (Phi) is 10.9. The second-order valence-corrected chi connectivity index (χ2v) is 14.9. The molecule has 0 aliphatic heterocycles. The number of aromatic amines is 2. The van der Waals surface area contributed by atoms with Crippen LogP contribution in [0.5, 0.6) is 0 Å². The molecule has 4 aromatic carbocycles. The standard InChI is InChI=1S/C37H40N3O3P/c41-34(38-33-26-18-25-32-35(33)37(43)40-39-36(32)42)27-16-5-3-1-2-4-6-17-28-44(29-19-10-7-11-20-29,30-21-12-8-13-22-30)31-23-14-9-15-24-31/h7-15,18-26H,1-6,16-17,27-28H2,(H2-,38,39,40,41,42,43)/p+1. The van der Waals surface area contributed by atoms with Crippen molar-refractivity contribution >= 4 is 45.5 Å². The average molecular weight is 607 g/mol. The molecule has 3 N–H and O–H groups in total. The van der Waals surface area contributed by atoms with Crippen LogP contribution in [0.2, 0.25) is 0 Å². The molecule has 0 aliphatic carbocycles. The summed E-state index contributed by atoms with van der Waals surface area (Å²) < 4.78 is 0. The predicted octanol–water partition coefficient (Wildman–Crippen LogP) is 6.66. The number of aromatic nitrogens is 2. The van der Waals surface area contributed by atoms with Gasteiger partial charge in [0.15, 0.2) is 0 Å². The van der Waals surface area contributed by atoms with Gasteiger partial charge in [-0.15, -0.1) is 0 Å². The lowest BCUT2D eigenvalue weighted by Crippen LogP contribution is -2.33. The Labute approximate surface area is 259 Å². The molecule has 0 fully saturated rings. The van der Waals surface area contributed by atoms with E-state index in [0.29, 0.717) is 12.1 Å². The first kappa shape index (κ1) is 31.2. The SMILES string of the molecule is O=C(CCCCCCCCCC[P+](c1ccccc1)(c1ccccc1)c1ccccc1)Nc1cccc2c(=O)[nH][nH]c(=O)c12. The summed E-state index contributed by atoms with van der Waals surface area (Å²) in [7, 11) is -1.75. The third-order valence-corrected chi connectivity index (χ3v) is 12.9. The quantitative estimate of drug-likeness (QED) is 0.0919. The van der Waals surface area contributed by atoms with E-state index in [1.807, 2.05) is 0 Å². The van der Waals surface area contributed by atoms with Crippen LogP contribution in [0.15, 0.2) is 119 Å². The number of hydrogen-bond donors (Lipinski definition) is 3. The molecule has 5 aromatic rings. The van der Waals surface area contributed by atoms with Crippen LogP contribution >= 0.6 is 7.26 Å². The molecule has 1 amide bonds. The number of carbonyl (C=O) groups is 1. The molecule has 7 heteroatoms. The van der Waals surface area contributed by atoms with Gasteiger partial charge < -0.3 is 5.32 Å². The van der Waals surface area contributed by atoms with Crippen LogP contribution in [0, 0.1) is 0 Å². The topological polar surface area (TPSA) is 94.8 Å². The van der Waals surface area contributed by atoms with E-state index < -0.39 is 12.8 Å². The zero-order chi connectivity index (χ0) is 30.6. The highest BCUT2D eigenvalue weighted by Gasteiger charge is 2.44. The molecule has 0 spiro atoms. The second kappa shape index (κ2) is 15.4. The minimum atomic E-state index is -1.75. The van der Waals surface area contributed by atoms with Gasteiger partial charge in [-0.05, 0) is 67.8 Å². The largest absolute Gasteiger partial charge is 0.325 e. The van der Waals surface area contributed by atoms with Crippen LogP contribution in [0.1, 0.15) is 57.8 Å². The smallest absolute Gasteiger partial charge is 0.272 e. The van der Waals surface area contributed by atoms with E-state index in [4.69, 9.17) is 0 Å². The van der Waals surface area contributed by atoms with Crippen molar-refractivity contribution in [3.05, 3.63) is 130 Å². The molecule has 0 atom stereocenters. The molecule has 44 heavy (non-hydrogen) atoms. The van der Waals surface area contributed by atoms with Crippen molar-refractivity contribution in [2.75, 3.05) is 11.5 Å². The Hall–Kier alpha value is -4.28. The zero-order valence-electron chi connectivity index (χ0n) is 25.1. The first-order chi connectivity index (χ1) is 21.6. The summed E-state index contributed by atoms with van der Waals surface area (Å²) in [5.41, 5.74) is -0.443. The fourth-order valence-electron chi connectivity index (χ4n) is 6.12. The minimum absolute atomic E-state index is 0.140. The number of anilines is 1. The molecule has 1 aromatic heterocycles. The lowest BCUT2D eigenvalue weighted by atomic mass is 10.1. The fourth-order valence-corrected chi connectivity index (χ4v) is 10.5. The number of H-pyrrole nitrogens is 2. The lowest BCUT2D eigenvalue weighted by Gasteiger charge is -2.27. The van der Waals surface area contributed by atoms with Gasteiger partial charge in [-0.25, -0.2) is 0 Å². The van der Waals surface area contributed by atoms with Gasteiger partial charge in [-0.3, -0.25) is 24.6 Å². The van der Waals surface area contributed by atoms with Gasteiger partial charge in [0.2, 0.25) is 5.91 Å². The first-order valence-corrected chi connectivity index (χ1v) is 17.7. The normalized spacial score (nSPS) is 11.5. The molecular weight excluding hydrogens is 565 g/mol. The van der Waals surface area contributed by atoms with E-state index in [9.17, 15) is 14.4 Å². The maximum atomic E-state index is 12.5. The molecule has 0 radical (unpaired) electrons. The summed E-state index contributed by atoms with van der Waals surface area (Å²) in [5.74, 6) is -0.140. The maximum absolute atomic E-state index is 12.5. The molecular formula is C37H41N3O3P+. The summed E-state index contributed by atoms with van der Waals surface area (Å²) in [6.07, 6.45) is 10.4. The molecule has 0 saturated carbocycles. The van der Waals surface area contributed by atoms with Gasteiger partial charge in [-0.1, -0.05) is 92.8 Å². The van der Waals surface area contributed by atoms with E-state index >= 15 is 0 Å². The fraction of sp³-hybridized carbons (Fsp3) is 0.270. The average Bonchev–Trinajstić information content (AvgIpc) is 3.07. The highest BCUT2D eigenvalue weighted by atomic mass is 31.2. The van der Waals surface area contributed by atoms with Crippen molar-refractivity contribution in [2.45, 2.75) is 57.8 Å². The minimum Gasteiger partial charge on any atom is -0.325 e.